The van der Waals surface area contributed by atoms with Gasteiger partial charge in [-0.2, -0.15) is 0 Å². The number of anilines is 2. The van der Waals surface area contributed by atoms with Gasteiger partial charge < -0.3 is 10.6 Å². The zero-order chi connectivity index (χ0) is 15.1. The molecule has 2 atom stereocenters. The van der Waals surface area contributed by atoms with Crippen molar-refractivity contribution in [2.45, 2.75) is 64.8 Å². The van der Waals surface area contributed by atoms with E-state index in [-0.39, 0.29) is 5.91 Å². The second-order valence-electron chi connectivity index (χ2n) is 6.26. The van der Waals surface area contributed by atoms with Crippen LogP contribution in [-0.2, 0) is 4.79 Å². The van der Waals surface area contributed by atoms with Crippen LogP contribution in [0.25, 0.3) is 0 Å². The zero-order valence-electron chi connectivity index (χ0n) is 13.3. The van der Waals surface area contributed by atoms with Crippen LogP contribution in [0.5, 0.6) is 0 Å². The molecule has 3 nitrogen and oxygen atoms in total. The molecule has 2 rings (SSSR count). The van der Waals surface area contributed by atoms with Crippen molar-refractivity contribution >= 4 is 17.3 Å². The summed E-state index contributed by atoms with van der Waals surface area (Å²) in [6.45, 7) is 3.82. The van der Waals surface area contributed by atoms with Gasteiger partial charge in [-0.05, 0) is 49.4 Å². The first-order valence-corrected chi connectivity index (χ1v) is 8.31. The molecule has 0 bridgehead atoms. The van der Waals surface area contributed by atoms with Crippen LogP contribution in [0, 0.1) is 5.92 Å². The van der Waals surface area contributed by atoms with Crippen LogP contribution in [0.2, 0.25) is 0 Å². The maximum atomic E-state index is 11.0. The fourth-order valence-corrected chi connectivity index (χ4v) is 3.31. The van der Waals surface area contributed by atoms with Crippen LogP contribution in [0.1, 0.15) is 58.8 Å². The maximum Gasteiger partial charge on any atom is 0.221 e. The minimum absolute atomic E-state index is 0.0264. The lowest BCUT2D eigenvalue weighted by Gasteiger charge is -2.18. The van der Waals surface area contributed by atoms with Gasteiger partial charge in [0.2, 0.25) is 5.91 Å². The normalized spacial score (nSPS) is 22.4. The Kier molecular flexibility index (Phi) is 6.09. The summed E-state index contributed by atoms with van der Waals surface area (Å²) in [5.41, 5.74) is 2.01. The molecule has 2 N–H and O–H groups in total. The first kappa shape index (κ1) is 15.9. The van der Waals surface area contributed by atoms with Crippen molar-refractivity contribution < 1.29 is 4.79 Å². The zero-order valence-corrected chi connectivity index (χ0v) is 13.3. The molecule has 1 fully saturated rings. The van der Waals surface area contributed by atoms with Crippen LogP contribution >= 0.6 is 0 Å². The van der Waals surface area contributed by atoms with Crippen molar-refractivity contribution in [2.24, 2.45) is 5.92 Å². The first-order chi connectivity index (χ1) is 10.2. The van der Waals surface area contributed by atoms with E-state index in [1.165, 1.54) is 51.9 Å². The molecule has 0 aromatic heterocycles. The summed E-state index contributed by atoms with van der Waals surface area (Å²) in [6, 6.07) is 8.62. The number of amides is 1. The van der Waals surface area contributed by atoms with Gasteiger partial charge in [0, 0.05) is 24.3 Å². The van der Waals surface area contributed by atoms with Gasteiger partial charge in [-0.3, -0.25) is 4.79 Å². The molecular formula is C18H28N2O. The minimum atomic E-state index is -0.0264. The SMILES string of the molecule is CCCC1CCCC(Nc2ccc(NC(C)=O)cc2)CC1. The standard InChI is InChI=1S/C18H28N2O/c1-3-5-15-6-4-7-16(9-8-15)20-18-12-10-17(11-13-18)19-14(2)21/h10-13,15-16,20H,3-9H2,1-2H3,(H,19,21). The van der Waals surface area contributed by atoms with Gasteiger partial charge >= 0.3 is 0 Å². The number of hydrogen-bond donors (Lipinski definition) is 2. The summed E-state index contributed by atoms with van der Waals surface area (Å²) in [7, 11) is 0. The quantitative estimate of drug-likeness (QED) is 0.764. The molecule has 0 spiro atoms. The predicted octanol–water partition coefficient (Wildman–Crippen LogP) is 4.81. The summed E-state index contributed by atoms with van der Waals surface area (Å²) < 4.78 is 0. The summed E-state index contributed by atoms with van der Waals surface area (Å²) >= 11 is 0. The monoisotopic (exact) mass is 288 g/mol. The molecule has 21 heavy (non-hydrogen) atoms. The van der Waals surface area contributed by atoms with E-state index >= 15 is 0 Å². The Balaban J connectivity index is 1.85. The fraction of sp³-hybridized carbons (Fsp3) is 0.611. The highest BCUT2D eigenvalue weighted by molar-refractivity contribution is 5.88. The number of hydrogen-bond acceptors (Lipinski definition) is 2. The van der Waals surface area contributed by atoms with E-state index in [1.807, 2.05) is 12.1 Å². The van der Waals surface area contributed by atoms with Crippen molar-refractivity contribution in [3.63, 3.8) is 0 Å². The van der Waals surface area contributed by atoms with Gasteiger partial charge in [0.15, 0.2) is 0 Å². The topological polar surface area (TPSA) is 41.1 Å². The Labute approximate surface area is 128 Å². The Morgan fingerprint density at radius 3 is 2.48 bits per heavy atom. The van der Waals surface area contributed by atoms with E-state index in [1.54, 1.807) is 0 Å². The van der Waals surface area contributed by atoms with E-state index in [4.69, 9.17) is 0 Å². The maximum absolute atomic E-state index is 11.0. The predicted molar refractivity (Wildman–Crippen MR) is 89.6 cm³/mol. The summed E-state index contributed by atoms with van der Waals surface area (Å²) in [4.78, 5) is 11.0. The molecular weight excluding hydrogens is 260 g/mol. The molecule has 0 heterocycles. The van der Waals surface area contributed by atoms with Crippen LogP contribution < -0.4 is 10.6 Å². The van der Waals surface area contributed by atoms with Gasteiger partial charge in [0.1, 0.15) is 0 Å². The number of benzene rings is 1. The molecule has 1 aliphatic rings. The highest BCUT2D eigenvalue weighted by Crippen LogP contribution is 2.28. The summed E-state index contributed by atoms with van der Waals surface area (Å²) in [5, 5.41) is 6.45. The lowest BCUT2D eigenvalue weighted by atomic mass is 9.95. The highest BCUT2D eigenvalue weighted by Gasteiger charge is 2.18. The molecule has 116 valence electrons. The lowest BCUT2D eigenvalue weighted by Crippen LogP contribution is -2.18. The lowest BCUT2D eigenvalue weighted by molar-refractivity contribution is -0.114. The van der Waals surface area contributed by atoms with Crippen molar-refractivity contribution in [3.8, 4) is 0 Å². The molecule has 1 saturated carbocycles. The molecule has 2 unspecified atom stereocenters. The third kappa shape index (κ3) is 5.41. The highest BCUT2D eigenvalue weighted by atomic mass is 16.1. The van der Waals surface area contributed by atoms with E-state index in [2.05, 4.69) is 29.7 Å². The molecule has 1 amide bonds. The minimum Gasteiger partial charge on any atom is -0.382 e. The van der Waals surface area contributed by atoms with E-state index < -0.39 is 0 Å². The van der Waals surface area contributed by atoms with Crippen LogP contribution in [0.15, 0.2) is 24.3 Å². The van der Waals surface area contributed by atoms with Crippen LogP contribution in [0.3, 0.4) is 0 Å². The number of carbonyl (C=O) groups is 1. The van der Waals surface area contributed by atoms with Crippen molar-refractivity contribution in [2.75, 3.05) is 10.6 Å². The second kappa shape index (κ2) is 8.06. The summed E-state index contributed by atoms with van der Waals surface area (Å²) in [6.07, 6.45) is 9.34. The van der Waals surface area contributed by atoms with Gasteiger partial charge in [0.05, 0.1) is 0 Å². The molecule has 1 aliphatic carbocycles. The number of rotatable bonds is 5. The molecule has 0 radical (unpaired) electrons. The molecule has 0 saturated heterocycles. The van der Waals surface area contributed by atoms with Gasteiger partial charge in [-0.25, -0.2) is 0 Å². The Morgan fingerprint density at radius 1 is 1.10 bits per heavy atom. The molecule has 0 aliphatic heterocycles. The average molecular weight is 288 g/mol. The van der Waals surface area contributed by atoms with E-state index in [0.29, 0.717) is 6.04 Å². The van der Waals surface area contributed by atoms with E-state index in [9.17, 15) is 4.79 Å². The third-order valence-electron chi connectivity index (χ3n) is 4.36. The molecule has 3 heteroatoms. The number of carbonyl (C=O) groups excluding carboxylic acids is 1. The second-order valence-corrected chi connectivity index (χ2v) is 6.26. The smallest absolute Gasteiger partial charge is 0.221 e. The van der Waals surface area contributed by atoms with E-state index in [0.717, 1.165) is 17.3 Å². The van der Waals surface area contributed by atoms with Crippen LogP contribution in [0.4, 0.5) is 11.4 Å². The van der Waals surface area contributed by atoms with Crippen molar-refractivity contribution in [3.05, 3.63) is 24.3 Å². The fourth-order valence-electron chi connectivity index (χ4n) is 3.31. The third-order valence-corrected chi connectivity index (χ3v) is 4.36. The molecule has 1 aromatic carbocycles. The average Bonchev–Trinajstić information content (AvgIpc) is 2.67. The van der Waals surface area contributed by atoms with Gasteiger partial charge in [-0.1, -0.05) is 32.6 Å². The van der Waals surface area contributed by atoms with Crippen molar-refractivity contribution in [1.82, 2.24) is 0 Å². The summed E-state index contributed by atoms with van der Waals surface area (Å²) in [5.74, 6) is 0.908. The Hall–Kier alpha value is -1.51. The Bertz CT molecular complexity index is 441. The largest absolute Gasteiger partial charge is 0.382 e. The number of nitrogens with one attached hydrogen (secondary N) is 2. The first-order valence-electron chi connectivity index (χ1n) is 8.31. The van der Waals surface area contributed by atoms with Gasteiger partial charge in [-0.15, -0.1) is 0 Å². The molecule has 1 aromatic rings. The van der Waals surface area contributed by atoms with Crippen LogP contribution in [-0.4, -0.2) is 11.9 Å². The van der Waals surface area contributed by atoms with Crippen molar-refractivity contribution in [1.29, 1.82) is 0 Å². The Morgan fingerprint density at radius 2 is 1.81 bits per heavy atom. The van der Waals surface area contributed by atoms with Gasteiger partial charge in [0.25, 0.3) is 0 Å².